The predicted octanol–water partition coefficient (Wildman–Crippen LogP) is 2.15. The minimum absolute atomic E-state index is 0.000818. The van der Waals surface area contributed by atoms with Gasteiger partial charge < -0.3 is 20.3 Å². The Balaban J connectivity index is 2.29. The Morgan fingerprint density at radius 1 is 1.29 bits per heavy atom. The molecule has 1 fully saturated rings. The Morgan fingerprint density at radius 2 is 2.00 bits per heavy atom. The number of guanidine groups is 1. The molecule has 140 valence electrons. The molecular weight excluding hydrogens is 304 g/mol. The van der Waals surface area contributed by atoms with Crippen molar-refractivity contribution in [1.82, 2.24) is 15.5 Å². The summed E-state index contributed by atoms with van der Waals surface area (Å²) in [5.41, 5.74) is 0. The van der Waals surface area contributed by atoms with Gasteiger partial charge in [0.1, 0.15) is 6.54 Å². The zero-order valence-electron chi connectivity index (χ0n) is 15.9. The van der Waals surface area contributed by atoms with Crippen molar-refractivity contribution in [3.8, 4) is 0 Å². The van der Waals surface area contributed by atoms with Gasteiger partial charge in [0.15, 0.2) is 5.96 Å². The molecule has 1 aliphatic rings. The van der Waals surface area contributed by atoms with Crippen molar-refractivity contribution in [1.29, 1.82) is 0 Å². The molecule has 1 amide bonds. The van der Waals surface area contributed by atoms with E-state index in [0.717, 1.165) is 26.0 Å². The number of rotatable bonds is 9. The van der Waals surface area contributed by atoms with Gasteiger partial charge in [-0.15, -0.1) is 0 Å². The van der Waals surface area contributed by atoms with E-state index in [-0.39, 0.29) is 12.5 Å². The molecule has 6 heteroatoms. The summed E-state index contributed by atoms with van der Waals surface area (Å²) >= 11 is 0. The van der Waals surface area contributed by atoms with Gasteiger partial charge in [0, 0.05) is 33.3 Å². The van der Waals surface area contributed by atoms with Gasteiger partial charge in [-0.25, -0.2) is 4.99 Å². The number of likely N-dealkylation sites (N-methyl/N-ethyl adjacent to an activating group) is 1. The van der Waals surface area contributed by atoms with E-state index in [0.29, 0.717) is 18.1 Å². The lowest BCUT2D eigenvalue weighted by molar-refractivity contribution is -0.127. The van der Waals surface area contributed by atoms with Crippen LogP contribution in [0.4, 0.5) is 0 Å². The second-order valence-electron chi connectivity index (χ2n) is 6.82. The van der Waals surface area contributed by atoms with E-state index in [4.69, 9.17) is 4.74 Å². The molecule has 0 spiro atoms. The highest BCUT2D eigenvalue weighted by atomic mass is 16.5. The highest BCUT2D eigenvalue weighted by molar-refractivity contribution is 5.84. The number of hydrogen-bond donors (Lipinski definition) is 2. The van der Waals surface area contributed by atoms with Crippen molar-refractivity contribution in [2.24, 2.45) is 4.99 Å². The molecule has 0 saturated heterocycles. The number of aliphatic imine (C=N–C) groups is 1. The van der Waals surface area contributed by atoms with Crippen LogP contribution in [0.15, 0.2) is 4.99 Å². The first kappa shape index (κ1) is 20.7. The highest BCUT2D eigenvalue weighted by Gasteiger charge is 2.13. The number of nitrogens with one attached hydrogen (secondary N) is 2. The zero-order chi connectivity index (χ0) is 17.8. The first-order valence-corrected chi connectivity index (χ1v) is 9.39. The molecule has 1 rings (SSSR count). The summed E-state index contributed by atoms with van der Waals surface area (Å²) in [5.74, 6) is 0.707. The largest absolute Gasteiger partial charge is 0.378 e. The van der Waals surface area contributed by atoms with Crippen molar-refractivity contribution in [2.75, 3.05) is 33.8 Å². The summed E-state index contributed by atoms with van der Waals surface area (Å²) in [6.07, 6.45) is 8.80. The van der Waals surface area contributed by atoms with E-state index in [1.807, 2.05) is 0 Å². The third kappa shape index (κ3) is 9.11. The fourth-order valence-electron chi connectivity index (χ4n) is 2.54. The van der Waals surface area contributed by atoms with Crippen LogP contribution in [0.2, 0.25) is 0 Å². The first-order chi connectivity index (χ1) is 11.5. The predicted molar refractivity (Wildman–Crippen MR) is 99.3 cm³/mol. The number of carbonyl (C=O) groups is 1. The molecule has 24 heavy (non-hydrogen) atoms. The first-order valence-electron chi connectivity index (χ1n) is 9.39. The maximum atomic E-state index is 11.7. The van der Waals surface area contributed by atoms with E-state index in [2.05, 4.69) is 29.5 Å². The molecule has 1 aliphatic carbocycles. The Bertz CT molecular complexity index is 379. The number of nitrogens with zero attached hydrogens (tertiary/aromatic N) is 2. The Kier molecular flexibility index (Phi) is 10.5. The normalized spacial score (nSPS) is 17.4. The summed E-state index contributed by atoms with van der Waals surface area (Å²) in [4.78, 5) is 17.6. The van der Waals surface area contributed by atoms with Crippen molar-refractivity contribution < 1.29 is 9.53 Å². The van der Waals surface area contributed by atoms with Crippen LogP contribution in [0, 0.1) is 0 Å². The topological polar surface area (TPSA) is 66.0 Å². The molecule has 2 N–H and O–H groups in total. The van der Waals surface area contributed by atoms with E-state index >= 15 is 0 Å². The lowest BCUT2D eigenvalue weighted by atomic mass is 9.98. The van der Waals surface area contributed by atoms with E-state index in [1.165, 1.54) is 32.1 Å². The number of carbonyl (C=O) groups excluding carboxylic acids is 1. The number of hydrogen-bond acceptors (Lipinski definition) is 3. The molecule has 1 atom stereocenters. The monoisotopic (exact) mass is 340 g/mol. The number of ether oxygens (including phenoxy) is 1. The van der Waals surface area contributed by atoms with Crippen molar-refractivity contribution in [3.05, 3.63) is 0 Å². The van der Waals surface area contributed by atoms with Crippen LogP contribution in [0.3, 0.4) is 0 Å². The minimum Gasteiger partial charge on any atom is -0.378 e. The van der Waals surface area contributed by atoms with Crippen molar-refractivity contribution >= 4 is 11.9 Å². The second-order valence-corrected chi connectivity index (χ2v) is 6.82. The Labute approximate surface area is 147 Å². The lowest BCUT2D eigenvalue weighted by Gasteiger charge is -2.22. The molecule has 0 heterocycles. The van der Waals surface area contributed by atoms with Gasteiger partial charge in [-0.05, 0) is 32.6 Å². The minimum atomic E-state index is 0.000818. The molecule has 1 unspecified atom stereocenters. The smallest absolute Gasteiger partial charge is 0.243 e. The van der Waals surface area contributed by atoms with Gasteiger partial charge in [-0.2, -0.15) is 0 Å². The standard InChI is InChI=1S/C18H36N4O2/c1-5-15(2)21-18(20-14-17(23)22(3)4)19-12-9-13-24-16-10-7-6-8-11-16/h15-16H,5-14H2,1-4H3,(H2,19,20,21). The molecule has 0 bridgehead atoms. The Hall–Kier alpha value is -1.30. The van der Waals surface area contributed by atoms with Gasteiger partial charge in [-0.3, -0.25) is 4.79 Å². The summed E-state index contributed by atoms with van der Waals surface area (Å²) in [6, 6.07) is 0.323. The maximum Gasteiger partial charge on any atom is 0.243 e. The molecule has 0 aromatic carbocycles. The Morgan fingerprint density at radius 3 is 2.62 bits per heavy atom. The summed E-state index contributed by atoms with van der Waals surface area (Å²) in [6.45, 7) is 5.98. The molecule has 0 aromatic rings. The molecule has 1 saturated carbocycles. The fourth-order valence-corrected chi connectivity index (χ4v) is 2.54. The van der Waals surface area contributed by atoms with E-state index in [1.54, 1.807) is 19.0 Å². The van der Waals surface area contributed by atoms with Gasteiger partial charge in [0.2, 0.25) is 5.91 Å². The van der Waals surface area contributed by atoms with Crippen molar-refractivity contribution in [3.63, 3.8) is 0 Å². The summed E-state index contributed by atoms with van der Waals surface area (Å²) in [5, 5.41) is 6.63. The quantitative estimate of drug-likeness (QED) is 0.383. The average molecular weight is 341 g/mol. The third-order valence-electron chi connectivity index (χ3n) is 4.39. The summed E-state index contributed by atoms with van der Waals surface area (Å²) < 4.78 is 5.94. The van der Waals surface area contributed by atoms with E-state index in [9.17, 15) is 4.79 Å². The van der Waals surface area contributed by atoms with Crippen LogP contribution in [-0.2, 0) is 9.53 Å². The van der Waals surface area contributed by atoms with Crippen LogP contribution < -0.4 is 10.6 Å². The lowest BCUT2D eigenvalue weighted by Crippen LogP contribution is -2.43. The molecule has 6 nitrogen and oxygen atoms in total. The molecule has 0 aliphatic heterocycles. The van der Waals surface area contributed by atoms with Crippen LogP contribution in [0.5, 0.6) is 0 Å². The highest BCUT2D eigenvalue weighted by Crippen LogP contribution is 2.20. The maximum absolute atomic E-state index is 11.7. The molecular formula is C18H36N4O2. The van der Waals surface area contributed by atoms with Crippen LogP contribution >= 0.6 is 0 Å². The fraction of sp³-hybridized carbons (Fsp3) is 0.889. The zero-order valence-corrected chi connectivity index (χ0v) is 15.9. The van der Waals surface area contributed by atoms with Crippen molar-refractivity contribution in [2.45, 2.75) is 70.9 Å². The van der Waals surface area contributed by atoms with Gasteiger partial charge in [0.25, 0.3) is 0 Å². The third-order valence-corrected chi connectivity index (χ3v) is 4.39. The van der Waals surface area contributed by atoms with Crippen LogP contribution in [-0.4, -0.2) is 62.7 Å². The average Bonchev–Trinajstić information content (AvgIpc) is 2.59. The molecule has 0 radical (unpaired) electrons. The molecule has 0 aromatic heterocycles. The van der Waals surface area contributed by atoms with Gasteiger partial charge in [-0.1, -0.05) is 26.2 Å². The van der Waals surface area contributed by atoms with E-state index < -0.39 is 0 Å². The summed E-state index contributed by atoms with van der Waals surface area (Å²) in [7, 11) is 3.49. The van der Waals surface area contributed by atoms with Crippen LogP contribution in [0.1, 0.15) is 58.8 Å². The van der Waals surface area contributed by atoms with Gasteiger partial charge >= 0.3 is 0 Å². The number of amides is 1. The second kappa shape index (κ2) is 12.1. The van der Waals surface area contributed by atoms with Crippen LogP contribution in [0.25, 0.3) is 0 Å². The SMILES string of the molecule is CCC(C)NC(=NCC(=O)N(C)C)NCCCOC1CCCCC1. The van der Waals surface area contributed by atoms with Gasteiger partial charge in [0.05, 0.1) is 6.10 Å².